The van der Waals surface area contributed by atoms with Gasteiger partial charge in [0.05, 0.1) is 19.3 Å². The molecule has 0 aromatic heterocycles. The van der Waals surface area contributed by atoms with Crippen molar-refractivity contribution in [3.8, 4) is 0 Å². The molecule has 104 valence electrons. The zero-order valence-corrected chi connectivity index (χ0v) is 10.8. The molecule has 1 aliphatic rings. The van der Waals surface area contributed by atoms with Crippen LogP contribution in [-0.4, -0.2) is 48.8 Å². The van der Waals surface area contributed by atoms with Crippen molar-refractivity contribution in [2.45, 2.75) is 19.0 Å². The van der Waals surface area contributed by atoms with Crippen LogP contribution >= 0.6 is 0 Å². The number of hydrogen-bond donors (Lipinski definition) is 2. The molecule has 1 heterocycles. The van der Waals surface area contributed by atoms with E-state index in [9.17, 15) is 9.90 Å². The highest BCUT2D eigenvalue weighted by molar-refractivity contribution is 5.65. The highest BCUT2D eigenvalue weighted by Gasteiger charge is 2.29. The van der Waals surface area contributed by atoms with Gasteiger partial charge in [-0.1, -0.05) is 30.3 Å². The summed E-state index contributed by atoms with van der Waals surface area (Å²) >= 11 is 0. The van der Waals surface area contributed by atoms with Gasteiger partial charge in [0.25, 0.3) is 0 Å². The summed E-state index contributed by atoms with van der Waals surface area (Å²) in [6.45, 7) is 0.979. The Labute approximate surface area is 111 Å². The first kappa shape index (κ1) is 13.8. The van der Waals surface area contributed by atoms with E-state index in [0.29, 0.717) is 19.8 Å². The van der Waals surface area contributed by atoms with Gasteiger partial charge in [0.2, 0.25) is 6.41 Å². The highest BCUT2D eigenvalue weighted by atomic mass is 16.7. The van der Waals surface area contributed by atoms with E-state index in [4.69, 9.17) is 9.47 Å². The summed E-state index contributed by atoms with van der Waals surface area (Å²) in [6.07, 6.45) is -1.42. The Hall–Kier alpha value is -1.63. The van der Waals surface area contributed by atoms with E-state index in [1.54, 1.807) is 7.05 Å². The molecule has 2 N–H and O–H groups in total. The minimum absolute atomic E-state index is 0.290. The minimum atomic E-state index is -0.969. The zero-order chi connectivity index (χ0) is 13.7. The third-order valence-electron chi connectivity index (χ3n) is 3.00. The number of ether oxygens (including phenoxy) is 2. The van der Waals surface area contributed by atoms with Gasteiger partial charge in [-0.15, -0.1) is 0 Å². The van der Waals surface area contributed by atoms with Gasteiger partial charge in [0.1, 0.15) is 0 Å². The minimum Gasteiger partial charge on any atom is -0.465 e. The Morgan fingerprint density at radius 2 is 2.00 bits per heavy atom. The summed E-state index contributed by atoms with van der Waals surface area (Å²) < 4.78 is 10.7. The summed E-state index contributed by atoms with van der Waals surface area (Å²) in [6, 6.07) is 9.19. The zero-order valence-electron chi connectivity index (χ0n) is 10.8. The number of carbonyl (C=O) groups is 1. The summed E-state index contributed by atoms with van der Waals surface area (Å²) in [5, 5.41) is 12.1. The van der Waals surface area contributed by atoms with Gasteiger partial charge in [-0.2, -0.15) is 0 Å². The predicted molar refractivity (Wildman–Crippen MR) is 68.5 cm³/mol. The quantitative estimate of drug-likeness (QED) is 0.853. The van der Waals surface area contributed by atoms with Crippen molar-refractivity contribution in [2.75, 3.05) is 20.3 Å². The fourth-order valence-electron chi connectivity index (χ4n) is 1.97. The van der Waals surface area contributed by atoms with Gasteiger partial charge in [0, 0.05) is 6.54 Å². The molecule has 0 atom stereocenters. The van der Waals surface area contributed by atoms with E-state index in [-0.39, 0.29) is 6.04 Å². The fraction of sp³-hybridized carbons (Fsp3) is 0.462. The lowest BCUT2D eigenvalue weighted by atomic mass is 10.2. The molecule has 1 amide bonds. The molecule has 19 heavy (non-hydrogen) atoms. The summed E-state index contributed by atoms with van der Waals surface area (Å²) in [7, 11) is 1.73. The van der Waals surface area contributed by atoms with Gasteiger partial charge >= 0.3 is 6.09 Å². The molecule has 1 fully saturated rings. The molecule has 1 aromatic rings. The second kappa shape index (κ2) is 6.51. The predicted octanol–water partition coefficient (Wildman–Crippen LogP) is 1.08. The molecule has 6 nitrogen and oxygen atoms in total. The van der Waals surface area contributed by atoms with E-state index < -0.39 is 12.5 Å². The lowest BCUT2D eigenvalue weighted by Crippen LogP contribution is -2.51. The van der Waals surface area contributed by atoms with Crippen LogP contribution in [0.1, 0.15) is 5.56 Å². The molecule has 0 aliphatic carbocycles. The largest absolute Gasteiger partial charge is 0.465 e. The number of carboxylic acid groups (broad SMARTS) is 1. The van der Waals surface area contributed by atoms with E-state index in [1.165, 1.54) is 4.90 Å². The molecule has 0 saturated carbocycles. The molecule has 0 spiro atoms. The van der Waals surface area contributed by atoms with Crippen LogP contribution in [0, 0.1) is 0 Å². The Balaban J connectivity index is 1.99. The Morgan fingerprint density at radius 1 is 1.37 bits per heavy atom. The van der Waals surface area contributed by atoms with Gasteiger partial charge in [0.15, 0.2) is 0 Å². The molecule has 1 saturated heterocycles. The second-order valence-corrected chi connectivity index (χ2v) is 4.34. The standard InChI is InChI=1S/C13H18N2O4/c1-14-12-18-8-11(9-19-12)15(13(16)17)7-10-5-3-2-4-6-10/h2-6,11-12,14H,7-9H2,1H3,(H,16,17). The first-order chi connectivity index (χ1) is 9.20. The van der Waals surface area contributed by atoms with Crippen LogP contribution in [0.5, 0.6) is 0 Å². The van der Waals surface area contributed by atoms with Crippen molar-refractivity contribution in [1.29, 1.82) is 0 Å². The maximum Gasteiger partial charge on any atom is 0.408 e. The third-order valence-corrected chi connectivity index (χ3v) is 3.00. The van der Waals surface area contributed by atoms with Gasteiger partial charge in [-0.05, 0) is 12.6 Å². The van der Waals surface area contributed by atoms with Crippen molar-refractivity contribution in [3.05, 3.63) is 35.9 Å². The fourth-order valence-corrected chi connectivity index (χ4v) is 1.97. The monoisotopic (exact) mass is 266 g/mol. The molecule has 0 radical (unpaired) electrons. The lowest BCUT2D eigenvalue weighted by Gasteiger charge is -2.35. The maximum absolute atomic E-state index is 11.4. The van der Waals surface area contributed by atoms with Gasteiger partial charge in [-0.25, -0.2) is 4.79 Å². The van der Waals surface area contributed by atoms with Crippen LogP contribution in [0.15, 0.2) is 30.3 Å². The molecule has 2 rings (SSSR count). The van der Waals surface area contributed by atoms with Crippen LogP contribution in [0.4, 0.5) is 4.79 Å². The topological polar surface area (TPSA) is 71.0 Å². The molecule has 1 aliphatic heterocycles. The van der Waals surface area contributed by atoms with Crippen molar-refractivity contribution < 1.29 is 19.4 Å². The average molecular weight is 266 g/mol. The SMILES string of the molecule is CNC1OCC(N(Cc2ccccc2)C(=O)O)CO1. The lowest BCUT2D eigenvalue weighted by molar-refractivity contribution is -0.213. The van der Waals surface area contributed by atoms with Crippen LogP contribution in [0.2, 0.25) is 0 Å². The highest BCUT2D eigenvalue weighted by Crippen LogP contribution is 2.14. The molecular formula is C13H18N2O4. The van der Waals surface area contributed by atoms with E-state index in [1.807, 2.05) is 30.3 Å². The number of hydrogen-bond acceptors (Lipinski definition) is 4. The Kier molecular flexibility index (Phi) is 4.73. The maximum atomic E-state index is 11.4. The molecule has 1 aromatic carbocycles. The molecule has 0 unspecified atom stereocenters. The van der Waals surface area contributed by atoms with Crippen LogP contribution in [0.3, 0.4) is 0 Å². The first-order valence-corrected chi connectivity index (χ1v) is 6.14. The van der Waals surface area contributed by atoms with Crippen LogP contribution in [0.25, 0.3) is 0 Å². The second-order valence-electron chi connectivity index (χ2n) is 4.34. The number of amides is 1. The molecule has 0 bridgehead atoms. The van der Waals surface area contributed by atoms with E-state index in [2.05, 4.69) is 5.32 Å². The number of benzene rings is 1. The van der Waals surface area contributed by atoms with E-state index >= 15 is 0 Å². The van der Waals surface area contributed by atoms with Crippen molar-refractivity contribution in [2.24, 2.45) is 0 Å². The van der Waals surface area contributed by atoms with Crippen molar-refractivity contribution in [3.63, 3.8) is 0 Å². The third kappa shape index (κ3) is 3.66. The van der Waals surface area contributed by atoms with E-state index in [0.717, 1.165) is 5.56 Å². The summed E-state index contributed by atoms with van der Waals surface area (Å²) in [5.41, 5.74) is 0.945. The van der Waals surface area contributed by atoms with Crippen molar-refractivity contribution in [1.82, 2.24) is 10.2 Å². The first-order valence-electron chi connectivity index (χ1n) is 6.14. The van der Waals surface area contributed by atoms with Crippen LogP contribution < -0.4 is 5.32 Å². The number of nitrogens with zero attached hydrogens (tertiary/aromatic N) is 1. The summed E-state index contributed by atoms with van der Waals surface area (Å²) in [5.74, 6) is 0. The Bertz CT molecular complexity index is 404. The molecule has 6 heteroatoms. The normalized spacial score (nSPS) is 23.0. The smallest absolute Gasteiger partial charge is 0.408 e. The number of nitrogens with one attached hydrogen (secondary N) is 1. The van der Waals surface area contributed by atoms with Crippen LogP contribution in [-0.2, 0) is 16.0 Å². The summed E-state index contributed by atoms with van der Waals surface area (Å²) in [4.78, 5) is 12.7. The van der Waals surface area contributed by atoms with Gasteiger partial charge < -0.3 is 14.6 Å². The van der Waals surface area contributed by atoms with Gasteiger partial charge in [-0.3, -0.25) is 10.2 Å². The molecular weight excluding hydrogens is 248 g/mol. The number of rotatable bonds is 4. The average Bonchev–Trinajstić information content (AvgIpc) is 2.46. The van der Waals surface area contributed by atoms with Crippen molar-refractivity contribution >= 4 is 6.09 Å². The Morgan fingerprint density at radius 3 is 2.53 bits per heavy atom.